The summed E-state index contributed by atoms with van der Waals surface area (Å²) in [5, 5.41) is 42.8. The highest BCUT2D eigenvalue weighted by Crippen LogP contribution is 2.70. The molecule has 4 N–H and O–H groups in total. The first-order chi connectivity index (χ1) is 20.2. The Labute approximate surface area is 249 Å². The van der Waals surface area contributed by atoms with Crippen LogP contribution in [-0.4, -0.2) is 80.8 Å². The molecule has 12 heteroatoms. The van der Waals surface area contributed by atoms with E-state index in [2.05, 4.69) is 6.92 Å². The molecule has 0 amide bonds. The van der Waals surface area contributed by atoms with Crippen molar-refractivity contribution in [3.8, 4) is 0 Å². The van der Waals surface area contributed by atoms with Crippen LogP contribution in [-0.2, 0) is 38.2 Å². The number of ether oxygens (including phenoxy) is 3. The number of aliphatic hydroxyl groups is 2. The number of esters is 3. The Hall–Kier alpha value is -2.99. The fourth-order valence-electron chi connectivity index (χ4n) is 9.51. The van der Waals surface area contributed by atoms with Gasteiger partial charge in [-0.1, -0.05) is 6.92 Å². The third-order valence-corrected chi connectivity index (χ3v) is 11.6. The average Bonchev–Trinajstić information content (AvgIpc) is 3.49. The molecule has 1 heterocycles. The van der Waals surface area contributed by atoms with Gasteiger partial charge in [-0.2, -0.15) is 0 Å². The Bertz CT molecular complexity index is 1210. The third kappa shape index (κ3) is 5.45. The van der Waals surface area contributed by atoms with Gasteiger partial charge in [0.2, 0.25) is 0 Å². The Kier molecular flexibility index (Phi) is 8.41. The molecule has 4 aliphatic carbocycles. The van der Waals surface area contributed by atoms with Gasteiger partial charge in [-0.15, -0.1) is 0 Å². The van der Waals surface area contributed by atoms with Gasteiger partial charge in [0.15, 0.2) is 0 Å². The summed E-state index contributed by atoms with van der Waals surface area (Å²) in [5.74, 6) is -4.39. The number of rotatable bonds is 10. The van der Waals surface area contributed by atoms with Crippen molar-refractivity contribution in [3.05, 3.63) is 11.6 Å². The van der Waals surface area contributed by atoms with Gasteiger partial charge in [-0.25, -0.2) is 4.79 Å². The molecular weight excluding hydrogens is 564 g/mol. The van der Waals surface area contributed by atoms with Crippen LogP contribution in [0.3, 0.4) is 0 Å². The summed E-state index contributed by atoms with van der Waals surface area (Å²) in [6, 6.07) is 0. The topological polar surface area (TPSA) is 194 Å². The maximum absolute atomic E-state index is 12.6. The first kappa shape index (κ1) is 31.4. The fraction of sp³-hybridized carbons (Fsp3) is 0.774. The minimum absolute atomic E-state index is 0.0172. The summed E-state index contributed by atoms with van der Waals surface area (Å²) in [6.07, 6.45) is 3.66. The van der Waals surface area contributed by atoms with Crippen molar-refractivity contribution in [2.24, 2.45) is 28.6 Å². The van der Waals surface area contributed by atoms with Gasteiger partial charge in [0.05, 0.1) is 43.5 Å². The quantitative estimate of drug-likeness (QED) is 0.210. The standard InChI is InChI=1S/C31H42O12/c1-28-10-7-21-22(31(28,40)13-9-20(28)18-14-27(38)41-16-18)8-12-30(39)15-19(43-26(37)5-3-24(34)35)6-11-29(21,30)17-42-25(36)4-2-23(32)33/h14,19-22,39-40H,2-13,15-17H2,1H3,(H,32,33)(H,34,35)/t19-,20+,21-,22+,28-,29+,30-,31+/m1/s1. The Balaban J connectivity index is 1.41. The third-order valence-electron chi connectivity index (χ3n) is 11.6. The molecule has 0 aromatic carbocycles. The minimum Gasteiger partial charge on any atom is -0.481 e. The van der Waals surface area contributed by atoms with E-state index in [9.17, 15) is 34.2 Å². The molecule has 0 bridgehead atoms. The fourth-order valence-corrected chi connectivity index (χ4v) is 9.51. The smallest absolute Gasteiger partial charge is 0.331 e. The lowest BCUT2D eigenvalue weighted by Gasteiger charge is -2.66. The Morgan fingerprint density at radius 3 is 2.21 bits per heavy atom. The van der Waals surface area contributed by atoms with Gasteiger partial charge in [-0.05, 0) is 74.7 Å². The van der Waals surface area contributed by atoms with Crippen molar-refractivity contribution < 1.29 is 58.6 Å². The number of cyclic esters (lactones) is 1. The number of carboxylic acids is 2. The highest BCUT2D eigenvalue weighted by Gasteiger charge is 2.71. The lowest BCUT2D eigenvalue weighted by Crippen LogP contribution is -2.69. The van der Waals surface area contributed by atoms with Gasteiger partial charge in [0.1, 0.15) is 12.7 Å². The van der Waals surface area contributed by atoms with Gasteiger partial charge in [0, 0.05) is 23.3 Å². The maximum atomic E-state index is 12.6. The van der Waals surface area contributed by atoms with Crippen LogP contribution in [0.4, 0.5) is 0 Å². The molecule has 0 saturated heterocycles. The lowest BCUT2D eigenvalue weighted by atomic mass is 9.41. The normalized spacial score (nSPS) is 39.9. The zero-order valence-corrected chi connectivity index (χ0v) is 24.5. The molecule has 4 saturated carbocycles. The summed E-state index contributed by atoms with van der Waals surface area (Å²) in [5.41, 5.74) is -3.05. The molecule has 0 aromatic heterocycles. The predicted octanol–water partition coefficient (Wildman–Crippen LogP) is 2.52. The van der Waals surface area contributed by atoms with Crippen molar-refractivity contribution in [3.63, 3.8) is 0 Å². The van der Waals surface area contributed by atoms with Crippen LogP contribution in [0.25, 0.3) is 0 Å². The molecule has 1 aliphatic heterocycles. The number of hydrogen-bond donors (Lipinski definition) is 4. The average molecular weight is 607 g/mol. The molecule has 5 aliphatic rings. The van der Waals surface area contributed by atoms with E-state index in [1.807, 2.05) is 0 Å². The van der Waals surface area contributed by atoms with E-state index in [-0.39, 0.29) is 75.5 Å². The van der Waals surface area contributed by atoms with Crippen LogP contribution >= 0.6 is 0 Å². The SMILES string of the molecule is C[C@]12CC[C@@H]3[C@H](CC[C@@]4(O)C[C@H](OC(=O)CCC(=O)O)CC[C@]34COC(=O)CCC(=O)O)[C@@]1(O)CC[C@H]2C1=CC(=O)OC1. The van der Waals surface area contributed by atoms with Crippen molar-refractivity contribution in [1.82, 2.24) is 0 Å². The number of carboxylic acid groups (broad SMARTS) is 2. The molecule has 238 valence electrons. The zero-order chi connectivity index (χ0) is 31.2. The van der Waals surface area contributed by atoms with E-state index >= 15 is 0 Å². The van der Waals surface area contributed by atoms with E-state index < -0.39 is 52.0 Å². The zero-order valence-electron chi connectivity index (χ0n) is 24.5. The van der Waals surface area contributed by atoms with Crippen LogP contribution in [0.2, 0.25) is 0 Å². The molecule has 8 atom stereocenters. The molecule has 0 radical (unpaired) electrons. The van der Waals surface area contributed by atoms with Crippen molar-refractivity contribution in [1.29, 1.82) is 0 Å². The van der Waals surface area contributed by atoms with Gasteiger partial charge in [-0.3, -0.25) is 19.2 Å². The lowest BCUT2D eigenvalue weighted by molar-refractivity contribution is -0.272. The van der Waals surface area contributed by atoms with Crippen LogP contribution in [0.15, 0.2) is 11.6 Å². The van der Waals surface area contributed by atoms with Crippen LogP contribution < -0.4 is 0 Å². The molecule has 12 nitrogen and oxygen atoms in total. The molecular formula is C31H42O12. The van der Waals surface area contributed by atoms with Gasteiger partial charge >= 0.3 is 29.8 Å². The molecule has 5 rings (SSSR count). The highest BCUT2D eigenvalue weighted by molar-refractivity contribution is 5.85. The molecule has 0 spiro atoms. The molecule has 0 aromatic rings. The predicted molar refractivity (Wildman–Crippen MR) is 146 cm³/mol. The minimum atomic E-state index is -1.40. The summed E-state index contributed by atoms with van der Waals surface area (Å²) < 4.78 is 16.5. The molecule has 0 unspecified atom stereocenters. The van der Waals surface area contributed by atoms with E-state index in [0.717, 1.165) is 5.57 Å². The highest BCUT2D eigenvalue weighted by atomic mass is 16.5. The van der Waals surface area contributed by atoms with Crippen LogP contribution in [0, 0.1) is 28.6 Å². The Morgan fingerprint density at radius 2 is 1.56 bits per heavy atom. The molecule has 4 fully saturated rings. The van der Waals surface area contributed by atoms with Crippen molar-refractivity contribution >= 4 is 29.8 Å². The number of fused-ring (bicyclic) bond motifs is 5. The van der Waals surface area contributed by atoms with Crippen LogP contribution in [0.5, 0.6) is 0 Å². The van der Waals surface area contributed by atoms with E-state index in [4.69, 9.17) is 24.4 Å². The monoisotopic (exact) mass is 606 g/mol. The maximum Gasteiger partial charge on any atom is 0.331 e. The number of hydrogen-bond acceptors (Lipinski definition) is 10. The number of carbonyl (C=O) groups is 5. The van der Waals surface area contributed by atoms with E-state index in [1.54, 1.807) is 6.08 Å². The summed E-state index contributed by atoms with van der Waals surface area (Å²) in [6.45, 7) is 2.16. The van der Waals surface area contributed by atoms with Crippen molar-refractivity contribution in [2.45, 2.75) is 108 Å². The first-order valence-electron chi connectivity index (χ1n) is 15.3. The van der Waals surface area contributed by atoms with Crippen LogP contribution in [0.1, 0.15) is 90.4 Å². The first-order valence-corrected chi connectivity index (χ1v) is 15.3. The summed E-state index contributed by atoms with van der Waals surface area (Å²) in [4.78, 5) is 58.7. The second kappa shape index (κ2) is 11.5. The second-order valence-electron chi connectivity index (χ2n) is 13.5. The number of aliphatic carboxylic acids is 2. The van der Waals surface area contributed by atoms with Gasteiger partial charge in [0.25, 0.3) is 0 Å². The van der Waals surface area contributed by atoms with Crippen molar-refractivity contribution in [2.75, 3.05) is 13.2 Å². The number of carbonyl (C=O) groups excluding carboxylic acids is 3. The summed E-state index contributed by atoms with van der Waals surface area (Å²) >= 11 is 0. The summed E-state index contributed by atoms with van der Waals surface area (Å²) in [7, 11) is 0. The van der Waals surface area contributed by atoms with E-state index in [0.29, 0.717) is 44.9 Å². The Morgan fingerprint density at radius 1 is 0.884 bits per heavy atom. The molecule has 43 heavy (non-hydrogen) atoms. The largest absolute Gasteiger partial charge is 0.481 e. The van der Waals surface area contributed by atoms with E-state index in [1.165, 1.54) is 0 Å². The second-order valence-corrected chi connectivity index (χ2v) is 13.5. The van der Waals surface area contributed by atoms with Gasteiger partial charge < -0.3 is 34.6 Å².